The van der Waals surface area contributed by atoms with Gasteiger partial charge in [0.2, 0.25) is 11.6 Å². The first-order valence-electron chi connectivity index (χ1n) is 9.54. The molecule has 3 rings (SSSR count). The van der Waals surface area contributed by atoms with Crippen molar-refractivity contribution >= 4 is 15.7 Å². The molecular formula is C23H16F5NO5S. The molecule has 35 heavy (non-hydrogen) atoms. The average Bonchev–Trinajstić information content (AvgIpc) is 2.84. The Balaban J connectivity index is 2.25. The lowest BCUT2D eigenvalue weighted by atomic mass is 10.2. The van der Waals surface area contributed by atoms with Crippen molar-refractivity contribution in [3.63, 3.8) is 0 Å². The van der Waals surface area contributed by atoms with Crippen LogP contribution in [0.1, 0.15) is 0 Å². The number of hydrogen-bond acceptors (Lipinski definition) is 5. The monoisotopic (exact) mass is 513 g/mol. The molecule has 184 valence electrons. The Bertz CT molecular complexity index is 1410. The smallest absolute Gasteiger partial charge is 0.272 e. The second-order valence-corrected chi connectivity index (χ2v) is 8.53. The lowest BCUT2D eigenvalue weighted by Crippen LogP contribution is -2.33. The molecule has 0 fully saturated rings. The van der Waals surface area contributed by atoms with Crippen molar-refractivity contribution in [3.8, 4) is 35.3 Å². The quantitative estimate of drug-likeness (QED) is 0.183. The maximum Gasteiger partial charge on any atom is 0.272 e. The van der Waals surface area contributed by atoms with E-state index in [1.165, 1.54) is 31.4 Å². The first-order valence-corrected chi connectivity index (χ1v) is 11.0. The lowest BCUT2D eigenvalue weighted by molar-refractivity contribution is 0.352. The molecule has 0 aromatic heterocycles. The van der Waals surface area contributed by atoms with E-state index >= 15 is 0 Å². The highest BCUT2D eigenvalue weighted by Gasteiger charge is 2.38. The van der Waals surface area contributed by atoms with Crippen LogP contribution in [0.3, 0.4) is 0 Å². The van der Waals surface area contributed by atoms with Crippen molar-refractivity contribution in [2.45, 2.75) is 4.90 Å². The molecule has 0 aliphatic carbocycles. The SMILES string of the molecule is C#CCN(c1ccc(OC)c(F)c1)S(=O)(=O)c1c(F)c(F)c(F)c(F)c1Oc1ccc(OC)cc1. The Morgan fingerprint density at radius 1 is 0.857 bits per heavy atom. The summed E-state index contributed by atoms with van der Waals surface area (Å²) in [6, 6.07) is 7.87. The normalized spacial score (nSPS) is 11.0. The standard InChI is InChI=1S/C23H16F5NO5S/c1-4-11-29(13-5-10-17(33-3)16(24)12-13)35(30,31)23-21(28)19(26)18(25)20(27)22(23)34-15-8-6-14(32-2)7-9-15/h1,5-10,12H,11H2,2-3H3. The predicted octanol–water partition coefficient (Wildman–Crippen LogP) is 5.02. The fourth-order valence-electron chi connectivity index (χ4n) is 2.99. The minimum absolute atomic E-state index is 0.250. The Morgan fingerprint density at radius 2 is 1.46 bits per heavy atom. The van der Waals surface area contributed by atoms with Gasteiger partial charge >= 0.3 is 0 Å². The lowest BCUT2D eigenvalue weighted by Gasteiger charge is -2.24. The van der Waals surface area contributed by atoms with Gasteiger partial charge < -0.3 is 14.2 Å². The highest BCUT2D eigenvalue weighted by Crippen LogP contribution is 2.40. The predicted molar refractivity (Wildman–Crippen MR) is 116 cm³/mol. The second kappa shape index (κ2) is 10.1. The molecule has 0 radical (unpaired) electrons. The number of rotatable bonds is 8. The molecule has 0 spiro atoms. The van der Waals surface area contributed by atoms with Crippen molar-refractivity contribution in [2.75, 3.05) is 25.1 Å². The summed E-state index contributed by atoms with van der Waals surface area (Å²) in [6.07, 6.45) is 5.23. The highest BCUT2D eigenvalue weighted by molar-refractivity contribution is 7.93. The Morgan fingerprint density at radius 3 is 2.00 bits per heavy atom. The summed E-state index contributed by atoms with van der Waals surface area (Å²) in [4.78, 5) is -1.68. The van der Waals surface area contributed by atoms with Crippen molar-refractivity contribution in [2.24, 2.45) is 0 Å². The van der Waals surface area contributed by atoms with E-state index < -0.39 is 62.0 Å². The van der Waals surface area contributed by atoms with Gasteiger partial charge in [-0.15, -0.1) is 6.42 Å². The van der Waals surface area contributed by atoms with Crippen LogP contribution in [0.4, 0.5) is 27.6 Å². The number of methoxy groups -OCH3 is 2. The zero-order valence-electron chi connectivity index (χ0n) is 18.1. The second-order valence-electron chi connectivity index (χ2n) is 6.73. The first-order chi connectivity index (χ1) is 16.6. The molecule has 0 aliphatic heterocycles. The molecule has 0 amide bonds. The summed E-state index contributed by atoms with van der Waals surface area (Å²) in [5, 5.41) is 0. The van der Waals surface area contributed by atoms with Crippen LogP contribution in [-0.4, -0.2) is 29.2 Å². The third-order valence-corrected chi connectivity index (χ3v) is 6.47. The third kappa shape index (κ3) is 4.81. The van der Waals surface area contributed by atoms with Crippen LogP contribution < -0.4 is 18.5 Å². The number of hydrogen-bond donors (Lipinski definition) is 0. The first kappa shape index (κ1) is 25.6. The summed E-state index contributed by atoms with van der Waals surface area (Å²) in [7, 11) is -2.78. The highest BCUT2D eigenvalue weighted by atomic mass is 32.2. The van der Waals surface area contributed by atoms with E-state index in [-0.39, 0.29) is 11.5 Å². The Kier molecular flexibility index (Phi) is 7.40. The summed E-state index contributed by atoms with van der Waals surface area (Å²) in [6.45, 7) is -0.809. The van der Waals surface area contributed by atoms with Gasteiger partial charge in [0, 0.05) is 6.07 Å². The summed E-state index contributed by atoms with van der Waals surface area (Å²) < 4.78 is 114. The topological polar surface area (TPSA) is 65.1 Å². The molecule has 0 atom stereocenters. The van der Waals surface area contributed by atoms with Crippen LogP contribution in [0.25, 0.3) is 0 Å². The van der Waals surface area contributed by atoms with E-state index in [0.717, 1.165) is 19.2 Å². The molecule has 0 bridgehead atoms. The number of anilines is 1. The minimum atomic E-state index is -5.30. The number of nitrogens with zero attached hydrogens (tertiary/aromatic N) is 1. The van der Waals surface area contributed by atoms with Crippen LogP contribution in [0.5, 0.6) is 23.0 Å². The molecular weight excluding hydrogens is 497 g/mol. The third-order valence-electron chi connectivity index (χ3n) is 4.67. The number of sulfonamides is 1. The number of terminal acetylenes is 1. The largest absolute Gasteiger partial charge is 0.497 e. The van der Waals surface area contributed by atoms with E-state index in [1.54, 1.807) is 0 Å². The molecule has 0 saturated heterocycles. The minimum Gasteiger partial charge on any atom is -0.497 e. The van der Waals surface area contributed by atoms with Gasteiger partial charge in [-0.05, 0) is 36.4 Å². The van der Waals surface area contributed by atoms with Crippen LogP contribution in [0, 0.1) is 41.4 Å². The van der Waals surface area contributed by atoms with Crippen LogP contribution in [0.2, 0.25) is 0 Å². The van der Waals surface area contributed by atoms with Crippen molar-refractivity contribution in [1.29, 1.82) is 0 Å². The van der Waals surface area contributed by atoms with Crippen LogP contribution in [-0.2, 0) is 10.0 Å². The molecule has 0 saturated carbocycles. The van der Waals surface area contributed by atoms with Gasteiger partial charge in [-0.1, -0.05) is 5.92 Å². The molecule has 3 aromatic rings. The van der Waals surface area contributed by atoms with Crippen molar-refractivity contribution < 1.29 is 44.6 Å². The summed E-state index contributed by atoms with van der Waals surface area (Å²) in [5.41, 5.74) is -0.429. The van der Waals surface area contributed by atoms with Gasteiger partial charge in [-0.25, -0.2) is 26.0 Å². The van der Waals surface area contributed by atoms with Gasteiger partial charge in [0.1, 0.15) is 11.5 Å². The fourth-order valence-corrected chi connectivity index (χ4v) is 4.53. The zero-order valence-corrected chi connectivity index (χ0v) is 18.9. The maximum absolute atomic E-state index is 14.9. The number of ether oxygens (including phenoxy) is 3. The van der Waals surface area contributed by atoms with Crippen molar-refractivity contribution in [3.05, 3.63) is 71.6 Å². The molecule has 0 unspecified atom stereocenters. The summed E-state index contributed by atoms with van der Waals surface area (Å²) in [5.74, 6) is -9.73. The zero-order chi connectivity index (χ0) is 25.9. The average molecular weight is 513 g/mol. The molecule has 0 aliphatic rings. The van der Waals surface area contributed by atoms with Gasteiger partial charge in [-0.2, -0.15) is 4.39 Å². The molecule has 12 heteroatoms. The number of benzene rings is 3. The van der Waals surface area contributed by atoms with E-state index in [0.29, 0.717) is 16.1 Å². The molecule has 6 nitrogen and oxygen atoms in total. The number of halogens is 5. The van der Waals surface area contributed by atoms with E-state index in [4.69, 9.17) is 20.6 Å². The Labute approximate surface area is 197 Å². The van der Waals surface area contributed by atoms with E-state index in [9.17, 15) is 30.4 Å². The van der Waals surface area contributed by atoms with Gasteiger partial charge in [0.25, 0.3) is 10.0 Å². The van der Waals surface area contributed by atoms with E-state index in [2.05, 4.69) is 0 Å². The van der Waals surface area contributed by atoms with Gasteiger partial charge in [-0.3, -0.25) is 4.31 Å². The van der Waals surface area contributed by atoms with Crippen molar-refractivity contribution in [1.82, 2.24) is 0 Å². The van der Waals surface area contributed by atoms with Gasteiger partial charge in [0.05, 0.1) is 26.5 Å². The van der Waals surface area contributed by atoms with Crippen LogP contribution >= 0.6 is 0 Å². The Hall–Kier alpha value is -3.98. The van der Waals surface area contributed by atoms with Gasteiger partial charge in [0.15, 0.2) is 33.8 Å². The summed E-state index contributed by atoms with van der Waals surface area (Å²) >= 11 is 0. The molecule has 3 aromatic carbocycles. The van der Waals surface area contributed by atoms with Crippen LogP contribution in [0.15, 0.2) is 47.4 Å². The fraction of sp³-hybridized carbons (Fsp3) is 0.130. The molecule has 0 N–H and O–H groups in total. The van der Waals surface area contributed by atoms with E-state index in [1.807, 2.05) is 5.92 Å². The maximum atomic E-state index is 14.9. The molecule has 0 heterocycles.